The summed E-state index contributed by atoms with van der Waals surface area (Å²) < 4.78 is 0. The van der Waals surface area contributed by atoms with Gasteiger partial charge in [0, 0.05) is 18.8 Å². The zero-order valence-corrected chi connectivity index (χ0v) is 11.8. The smallest absolute Gasteiger partial charge is 0.255 e. The third-order valence-electron chi connectivity index (χ3n) is 2.80. The van der Waals surface area contributed by atoms with Gasteiger partial charge in [-0.1, -0.05) is 19.9 Å². The van der Waals surface area contributed by atoms with Crippen molar-refractivity contribution in [3.05, 3.63) is 29.3 Å². The average molecular weight is 259 g/mol. The number of hydrogen-bond acceptors (Lipinski definition) is 3. The van der Waals surface area contributed by atoms with Gasteiger partial charge in [-0.25, -0.2) is 0 Å². The van der Waals surface area contributed by atoms with Gasteiger partial charge in [0.05, 0.1) is 18.1 Å². The lowest BCUT2D eigenvalue weighted by molar-refractivity contribution is 0.0741. The highest BCUT2D eigenvalue weighted by molar-refractivity contribution is 5.99. The standard InChI is InChI=1S/C15H21N3O/c1-11(2)10-18(8-4-7-16)15(19)13-6-5-12(3)9-14(13)17/h5-6,9,11H,4,8,10,17H2,1-3H3. The molecule has 0 atom stereocenters. The monoisotopic (exact) mass is 259 g/mol. The SMILES string of the molecule is Cc1ccc(C(=O)N(CCC#N)CC(C)C)c(N)c1. The summed E-state index contributed by atoms with van der Waals surface area (Å²) in [5.41, 5.74) is 7.95. The van der Waals surface area contributed by atoms with Gasteiger partial charge in [-0.05, 0) is 30.5 Å². The maximum absolute atomic E-state index is 12.5. The number of rotatable bonds is 5. The Labute approximate surface area is 114 Å². The number of nitrogens with two attached hydrogens (primary N) is 1. The Bertz CT molecular complexity index is 489. The summed E-state index contributed by atoms with van der Waals surface area (Å²) in [5.74, 6) is 0.260. The number of nitriles is 1. The van der Waals surface area contributed by atoms with Crippen molar-refractivity contribution in [1.29, 1.82) is 5.26 Å². The van der Waals surface area contributed by atoms with Crippen molar-refractivity contribution in [3.63, 3.8) is 0 Å². The number of hydrogen-bond donors (Lipinski definition) is 1. The molecule has 19 heavy (non-hydrogen) atoms. The van der Waals surface area contributed by atoms with Gasteiger partial charge in [0.15, 0.2) is 0 Å². The molecule has 4 nitrogen and oxygen atoms in total. The van der Waals surface area contributed by atoms with Crippen molar-refractivity contribution in [3.8, 4) is 6.07 Å². The molecule has 0 saturated carbocycles. The number of amides is 1. The first kappa shape index (κ1) is 15.0. The Morgan fingerprint density at radius 3 is 2.68 bits per heavy atom. The van der Waals surface area contributed by atoms with Gasteiger partial charge >= 0.3 is 0 Å². The Hall–Kier alpha value is -2.02. The molecule has 1 aromatic carbocycles. The van der Waals surface area contributed by atoms with Crippen molar-refractivity contribution in [2.24, 2.45) is 5.92 Å². The Kier molecular flexibility index (Phi) is 5.37. The van der Waals surface area contributed by atoms with Crippen LogP contribution in [0.2, 0.25) is 0 Å². The van der Waals surface area contributed by atoms with Gasteiger partial charge in [0.1, 0.15) is 0 Å². The number of benzene rings is 1. The van der Waals surface area contributed by atoms with E-state index in [0.29, 0.717) is 36.7 Å². The summed E-state index contributed by atoms with van der Waals surface area (Å²) in [5, 5.41) is 8.68. The second-order valence-corrected chi connectivity index (χ2v) is 5.14. The van der Waals surface area contributed by atoms with Crippen LogP contribution in [0, 0.1) is 24.2 Å². The fraction of sp³-hybridized carbons (Fsp3) is 0.467. The fourth-order valence-corrected chi connectivity index (χ4v) is 1.95. The Morgan fingerprint density at radius 2 is 2.16 bits per heavy atom. The number of nitrogen functional groups attached to an aromatic ring is 1. The Morgan fingerprint density at radius 1 is 1.47 bits per heavy atom. The summed E-state index contributed by atoms with van der Waals surface area (Å²) in [7, 11) is 0. The van der Waals surface area contributed by atoms with E-state index in [0.717, 1.165) is 5.56 Å². The third-order valence-corrected chi connectivity index (χ3v) is 2.80. The molecule has 0 aromatic heterocycles. The van der Waals surface area contributed by atoms with E-state index >= 15 is 0 Å². The molecule has 0 bridgehead atoms. The van der Waals surface area contributed by atoms with E-state index < -0.39 is 0 Å². The van der Waals surface area contributed by atoms with Crippen molar-refractivity contribution in [2.45, 2.75) is 27.2 Å². The molecule has 0 fully saturated rings. The first-order valence-electron chi connectivity index (χ1n) is 6.48. The topological polar surface area (TPSA) is 70.1 Å². The zero-order valence-electron chi connectivity index (χ0n) is 11.8. The second-order valence-electron chi connectivity index (χ2n) is 5.14. The van der Waals surface area contributed by atoms with Crippen LogP contribution in [-0.4, -0.2) is 23.9 Å². The number of anilines is 1. The molecule has 1 rings (SSSR count). The quantitative estimate of drug-likeness (QED) is 0.826. The first-order chi connectivity index (χ1) is 8.95. The predicted octanol–water partition coefficient (Wildman–Crippen LogP) is 2.59. The lowest BCUT2D eigenvalue weighted by Gasteiger charge is -2.24. The maximum atomic E-state index is 12.5. The van der Waals surface area contributed by atoms with Gasteiger partial charge in [-0.2, -0.15) is 5.26 Å². The molecule has 1 amide bonds. The normalized spacial score (nSPS) is 10.3. The van der Waals surface area contributed by atoms with E-state index in [-0.39, 0.29) is 5.91 Å². The van der Waals surface area contributed by atoms with Crippen molar-refractivity contribution in [2.75, 3.05) is 18.8 Å². The van der Waals surface area contributed by atoms with Crippen molar-refractivity contribution in [1.82, 2.24) is 4.90 Å². The molecule has 2 N–H and O–H groups in total. The van der Waals surface area contributed by atoms with E-state index in [4.69, 9.17) is 11.0 Å². The lowest BCUT2D eigenvalue weighted by Crippen LogP contribution is -2.35. The van der Waals surface area contributed by atoms with Gasteiger partial charge < -0.3 is 10.6 Å². The number of aryl methyl sites for hydroxylation is 1. The van der Waals surface area contributed by atoms with Crippen LogP contribution in [-0.2, 0) is 0 Å². The van der Waals surface area contributed by atoms with Gasteiger partial charge in [-0.15, -0.1) is 0 Å². The summed E-state index contributed by atoms with van der Waals surface area (Å²) in [6.07, 6.45) is 0.338. The summed E-state index contributed by atoms with van der Waals surface area (Å²) in [4.78, 5) is 14.2. The van der Waals surface area contributed by atoms with Crippen LogP contribution < -0.4 is 5.73 Å². The first-order valence-corrected chi connectivity index (χ1v) is 6.48. The average Bonchev–Trinajstić information content (AvgIpc) is 2.33. The van der Waals surface area contributed by atoms with Crippen molar-refractivity contribution < 1.29 is 4.79 Å². The minimum Gasteiger partial charge on any atom is -0.398 e. The minimum absolute atomic E-state index is 0.0959. The second kappa shape index (κ2) is 6.79. The van der Waals surface area contributed by atoms with Crippen LogP contribution in [0.25, 0.3) is 0 Å². The Balaban J connectivity index is 2.94. The van der Waals surface area contributed by atoms with Gasteiger partial charge in [0.25, 0.3) is 5.91 Å². The molecule has 4 heteroatoms. The molecule has 0 heterocycles. The molecule has 0 aliphatic carbocycles. The summed E-state index contributed by atoms with van der Waals surface area (Å²) in [6.45, 7) is 7.11. The van der Waals surface area contributed by atoms with Crippen LogP contribution in [0.4, 0.5) is 5.69 Å². The molecule has 102 valence electrons. The van der Waals surface area contributed by atoms with Crippen molar-refractivity contribution >= 4 is 11.6 Å². The molecule has 0 radical (unpaired) electrons. The lowest BCUT2D eigenvalue weighted by atomic mass is 10.1. The molecule has 0 aliphatic rings. The maximum Gasteiger partial charge on any atom is 0.255 e. The highest BCUT2D eigenvalue weighted by atomic mass is 16.2. The van der Waals surface area contributed by atoms with Crippen LogP contribution in [0.3, 0.4) is 0 Å². The summed E-state index contributed by atoms with van der Waals surface area (Å²) in [6, 6.07) is 7.51. The third kappa shape index (κ3) is 4.29. The van der Waals surface area contributed by atoms with E-state index in [1.807, 2.05) is 26.8 Å². The zero-order chi connectivity index (χ0) is 14.4. The molecule has 0 spiro atoms. The largest absolute Gasteiger partial charge is 0.398 e. The van der Waals surface area contributed by atoms with Crippen LogP contribution in [0.5, 0.6) is 0 Å². The molecule has 0 unspecified atom stereocenters. The number of carbonyl (C=O) groups is 1. The molecular formula is C15H21N3O. The highest BCUT2D eigenvalue weighted by Crippen LogP contribution is 2.17. The summed E-state index contributed by atoms with van der Waals surface area (Å²) >= 11 is 0. The van der Waals surface area contributed by atoms with Crippen LogP contribution >= 0.6 is 0 Å². The van der Waals surface area contributed by atoms with Crippen LogP contribution in [0.1, 0.15) is 36.2 Å². The molecule has 1 aromatic rings. The predicted molar refractivity (Wildman–Crippen MR) is 76.6 cm³/mol. The van der Waals surface area contributed by atoms with Gasteiger partial charge in [0.2, 0.25) is 0 Å². The van der Waals surface area contributed by atoms with E-state index in [1.54, 1.807) is 17.0 Å². The highest BCUT2D eigenvalue weighted by Gasteiger charge is 2.18. The number of nitrogens with zero attached hydrogens (tertiary/aromatic N) is 2. The van der Waals surface area contributed by atoms with Crippen LogP contribution in [0.15, 0.2) is 18.2 Å². The van der Waals surface area contributed by atoms with Gasteiger partial charge in [-0.3, -0.25) is 4.79 Å². The molecular weight excluding hydrogens is 238 g/mol. The molecule has 0 aliphatic heterocycles. The van der Waals surface area contributed by atoms with E-state index in [1.165, 1.54) is 0 Å². The molecule has 0 saturated heterocycles. The minimum atomic E-state index is -0.0959. The number of carbonyl (C=O) groups excluding carboxylic acids is 1. The van der Waals surface area contributed by atoms with E-state index in [2.05, 4.69) is 6.07 Å². The fourth-order valence-electron chi connectivity index (χ4n) is 1.95. The van der Waals surface area contributed by atoms with E-state index in [9.17, 15) is 4.79 Å².